The molecule has 82 valence electrons. The van der Waals surface area contributed by atoms with Crippen molar-refractivity contribution in [2.75, 3.05) is 13.2 Å². The Morgan fingerprint density at radius 3 is 2.57 bits per heavy atom. The minimum absolute atomic E-state index is 0.0472. The molecule has 5 nitrogen and oxygen atoms in total. The highest BCUT2D eigenvalue weighted by atomic mass is 16.7. The van der Waals surface area contributed by atoms with Crippen molar-refractivity contribution in [2.45, 2.75) is 38.0 Å². The quantitative estimate of drug-likeness (QED) is 0.395. The second kappa shape index (κ2) is 3.84. The molecule has 14 heavy (non-hydrogen) atoms. The number of epoxide rings is 1. The summed E-state index contributed by atoms with van der Waals surface area (Å²) in [6, 6.07) is 0. The molecule has 1 aliphatic heterocycles. The normalized spacial score (nSPS) is 29.6. The number of nitrogens with one attached hydrogen (secondary N) is 1. The third-order valence-corrected chi connectivity index (χ3v) is 2.65. The molecule has 2 atom stereocenters. The van der Waals surface area contributed by atoms with Crippen LogP contribution in [0, 0.1) is 0 Å². The standard InChI is InChI=1S/C9H17NO4/c1-3-8(2,13)9(7(12)14-9)10-5-4-6-11/h10-11,13H,3-6H2,1-2H3. The van der Waals surface area contributed by atoms with Gasteiger partial charge in [0.25, 0.3) is 5.72 Å². The number of rotatable bonds is 6. The maximum atomic E-state index is 11.1. The molecule has 0 amide bonds. The second-order valence-electron chi connectivity index (χ2n) is 3.70. The van der Waals surface area contributed by atoms with Gasteiger partial charge in [-0.15, -0.1) is 0 Å². The Kier molecular flexibility index (Phi) is 3.14. The molecule has 3 N–H and O–H groups in total. The van der Waals surface area contributed by atoms with Crippen LogP contribution in [-0.4, -0.2) is 40.7 Å². The van der Waals surface area contributed by atoms with Crippen molar-refractivity contribution in [1.82, 2.24) is 5.32 Å². The summed E-state index contributed by atoms with van der Waals surface area (Å²) < 4.78 is 4.83. The van der Waals surface area contributed by atoms with Crippen LogP contribution in [-0.2, 0) is 9.53 Å². The van der Waals surface area contributed by atoms with Gasteiger partial charge < -0.3 is 14.9 Å². The molecule has 0 aromatic rings. The summed E-state index contributed by atoms with van der Waals surface area (Å²) in [5.74, 6) is -0.428. The van der Waals surface area contributed by atoms with E-state index in [4.69, 9.17) is 9.84 Å². The first-order valence-corrected chi connectivity index (χ1v) is 4.82. The summed E-state index contributed by atoms with van der Waals surface area (Å²) in [7, 11) is 0. The van der Waals surface area contributed by atoms with Crippen LogP contribution in [0.5, 0.6) is 0 Å². The average molecular weight is 203 g/mol. The van der Waals surface area contributed by atoms with Gasteiger partial charge in [-0.2, -0.15) is 0 Å². The Hall–Kier alpha value is -0.650. The Labute approximate surface area is 83.1 Å². The number of hydrogen-bond acceptors (Lipinski definition) is 5. The number of carbonyl (C=O) groups excluding carboxylic acids is 1. The summed E-state index contributed by atoms with van der Waals surface area (Å²) in [5.41, 5.74) is -2.43. The third-order valence-electron chi connectivity index (χ3n) is 2.65. The molecular formula is C9H17NO4. The zero-order valence-electron chi connectivity index (χ0n) is 8.54. The molecule has 0 aliphatic carbocycles. The van der Waals surface area contributed by atoms with Crippen LogP contribution >= 0.6 is 0 Å². The van der Waals surface area contributed by atoms with E-state index in [1.807, 2.05) is 0 Å². The Balaban J connectivity index is 2.56. The molecule has 2 unspecified atom stereocenters. The highest BCUT2D eigenvalue weighted by Crippen LogP contribution is 2.39. The van der Waals surface area contributed by atoms with Crippen molar-refractivity contribution in [3.05, 3.63) is 0 Å². The summed E-state index contributed by atoms with van der Waals surface area (Å²) in [5, 5.41) is 21.3. The van der Waals surface area contributed by atoms with Crippen molar-refractivity contribution >= 4 is 5.97 Å². The number of aliphatic hydroxyl groups is 2. The van der Waals surface area contributed by atoms with Gasteiger partial charge in [0.2, 0.25) is 0 Å². The van der Waals surface area contributed by atoms with Crippen molar-refractivity contribution in [1.29, 1.82) is 0 Å². The van der Waals surface area contributed by atoms with Crippen LogP contribution in [0.4, 0.5) is 0 Å². The van der Waals surface area contributed by atoms with Gasteiger partial charge in [-0.25, -0.2) is 4.79 Å². The van der Waals surface area contributed by atoms with Crippen LogP contribution < -0.4 is 5.32 Å². The van der Waals surface area contributed by atoms with Crippen LogP contribution in [0.1, 0.15) is 26.7 Å². The summed E-state index contributed by atoms with van der Waals surface area (Å²) in [6.45, 7) is 3.83. The van der Waals surface area contributed by atoms with Gasteiger partial charge in [0.05, 0.1) is 0 Å². The lowest BCUT2D eigenvalue weighted by atomic mass is 9.93. The lowest BCUT2D eigenvalue weighted by molar-refractivity contribution is -0.118. The number of cyclic esters (lactones) is 1. The van der Waals surface area contributed by atoms with E-state index in [0.29, 0.717) is 19.4 Å². The largest absolute Gasteiger partial charge is 0.425 e. The molecule has 0 radical (unpaired) electrons. The van der Waals surface area contributed by atoms with Crippen LogP contribution in [0.15, 0.2) is 0 Å². The number of ether oxygens (including phenoxy) is 1. The number of carbonyl (C=O) groups is 1. The van der Waals surface area contributed by atoms with Gasteiger partial charge in [0, 0.05) is 13.2 Å². The van der Waals surface area contributed by atoms with E-state index in [-0.39, 0.29) is 6.61 Å². The highest BCUT2D eigenvalue weighted by molar-refractivity contribution is 5.94. The predicted octanol–water partition coefficient (Wildman–Crippen LogP) is -0.627. The van der Waals surface area contributed by atoms with Crippen molar-refractivity contribution < 1.29 is 19.7 Å². The monoisotopic (exact) mass is 203 g/mol. The average Bonchev–Trinajstić information content (AvgIpc) is 2.79. The van der Waals surface area contributed by atoms with E-state index >= 15 is 0 Å². The molecule has 1 saturated heterocycles. The summed E-state index contributed by atoms with van der Waals surface area (Å²) in [4.78, 5) is 11.1. The Morgan fingerprint density at radius 2 is 2.21 bits per heavy atom. The fourth-order valence-electron chi connectivity index (χ4n) is 1.33. The molecule has 0 aromatic carbocycles. The molecule has 1 rings (SSSR count). The van der Waals surface area contributed by atoms with Crippen molar-refractivity contribution in [3.63, 3.8) is 0 Å². The highest BCUT2D eigenvalue weighted by Gasteiger charge is 2.68. The van der Waals surface area contributed by atoms with E-state index in [2.05, 4.69) is 5.32 Å². The van der Waals surface area contributed by atoms with Crippen molar-refractivity contribution in [3.8, 4) is 0 Å². The molecule has 1 heterocycles. The Bertz CT molecular complexity index is 229. The zero-order valence-corrected chi connectivity index (χ0v) is 8.54. The van der Waals surface area contributed by atoms with Gasteiger partial charge in [-0.05, 0) is 19.8 Å². The number of hydrogen-bond donors (Lipinski definition) is 3. The lowest BCUT2D eigenvalue weighted by Crippen LogP contribution is -2.53. The molecule has 0 saturated carbocycles. The van der Waals surface area contributed by atoms with Crippen molar-refractivity contribution in [2.24, 2.45) is 0 Å². The van der Waals surface area contributed by atoms with Crippen LogP contribution in [0.3, 0.4) is 0 Å². The zero-order chi connectivity index (χ0) is 10.8. The predicted molar refractivity (Wildman–Crippen MR) is 49.4 cm³/mol. The smallest absolute Gasteiger partial charge is 0.372 e. The van der Waals surface area contributed by atoms with Gasteiger partial charge in [-0.3, -0.25) is 5.32 Å². The molecule has 1 fully saturated rings. The fourth-order valence-corrected chi connectivity index (χ4v) is 1.33. The number of aliphatic hydroxyl groups excluding tert-OH is 1. The third kappa shape index (κ3) is 1.75. The maximum Gasteiger partial charge on any atom is 0.372 e. The topological polar surface area (TPSA) is 82.1 Å². The van der Waals surface area contributed by atoms with Crippen LogP contribution in [0.2, 0.25) is 0 Å². The van der Waals surface area contributed by atoms with Gasteiger partial charge >= 0.3 is 5.97 Å². The molecule has 0 aromatic heterocycles. The minimum atomic E-state index is -1.24. The van der Waals surface area contributed by atoms with E-state index in [0.717, 1.165) is 0 Å². The molecular weight excluding hydrogens is 186 g/mol. The fraction of sp³-hybridized carbons (Fsp3) is 0.889. The van der Waals surface area contributed by atoms with E-state index in [1.54, 1.807) is 13.8 Å². The molecule has 0 spiro atoms. The van der Waals surface area contributed by atoms with Crippen LogP contribution in [0.25, 0.3) is 0 Å². The van der Waals surface area contributed by atoms with Gasteiger partial charge in [0.15, 0.2) is 0 Å². The van der Waals surface area contributed by atoms with E-state index < -0.39 is 17.3 Å². The Morgan fingerprint density at radius 1 is 1.64 bits per heavy atom. The van der Waals surface area contributed by atoms with E-state index in [1.165, 1.54) is 0 Å². The maximum absolute atomic E-state index is 11.1. The lowest BCUT2D eigenvalue weighted by Gasteiger charge is -2.26. The molecule has 0 bridgehead atoms. The first-order valence-electron chi connectivity index (χ1n) is 4.82. The second-order valence-corrected chi connectivity index (χ2v) is 3.70. The summed E-state index contributed by atoms with van der Waals surface area (Å²) >= 11 is 0. The minimum Gasteiger partial charge on any atom is -0.425 e. The SMILES string of the molecule is CCC(C)(O)C1(NCCCO)OC1=O. The summed E-state index contributed by atoms with van der Waals surface area (Å²) in [6.07, 6.45) is 0.947. The first-order chi connectivity index (χ1) is 6.50. The molecule has 1 aliphatic rings. The molecule has 5 heteroatoms. The van der Waals surface area contributed by atoms with Gasteiger partial charge in [0.1, 0.15) is 5.60 Å². The van der Waals surface area contributed by atoms with E-state index in [9.17, 15) is 9.90 Å². The van der Waals surface area contributed by atoms with Gasteiger partial charge in [-0.1, -0.05) is 6.92 Å². The first kappa shape index (κ1) is 11.4.